The van der Waals surface area contributed by atoms with E-state index in [1.165, 1.54) is 0 Å². The Morgan fingerprint density at radius 3 is 2.79 bits per heavy atom. The zero-order valence-corrected chi connectivity index (χ0v) is 10.3. The fourth-order valence-corrected chi connectivity index (χ4v) is 2.29. The first kappa shape index (κ1) is 11.7. The van der Waals surface area contributed by atoms with Crippen molar-refractivity contribution in [2.75, 3.05) is 0 Å². The molecule has 1 unspecified atom stereocenters. The summed E-state index contributed by atoms with van der Waals surface area (Å²) in [5, 5.41) is 7.87. The van der Waals surface area contributed by atoms with E-state index in [4.69, 9.17) is 5.73 Å². The molecule has 0 fully saturated rings. The lowest BCUT2D eigenvalue weighted by Crippen LogP contribution is -2.11. The maximum absolute atomic E-state index is 11.7. The van der Waals surface area contributed by atoms with E-state index in [1.807, 2.05) is 42.5 Å². The van der Waals surface area contributed by atoms with Gasteiger partial charge in [-0.05, 0) is 22.8 Å². The molecule has 3 rings (SSSR count). The van der Waals surface area contributed by atoms with Gasteiger partial charge in [-0.25, -0.2) is 0 Å². The molecule has 0 bridgehead atoms. The first-order valence-electron chi connectivity index (χ1n) is 6.12. The van der Waals surface area contributed by atoms with Crippen LogP contribution in [0.3, 0.4) is 0 Å². The Balaban J connectivity index is 2.10. The quantitative estimate of drug-likeness (QED) is 0.891. The van der Waals surface area contributed by atoms with Crippen molar-refractivity contribution in [2.24, 2.45) is 16.0 Å². The highest BCUT2D eigenvalue weighted by Crippen LogP contribution is 2.33. The molecule has 0 saturated carbocycles. The number of hydrogen-bond acceptors (Lipinski definition) is 3. The first-order chi connectivity index (χ1) is 9.29. The second-order valence-electron chi connectivity index (χ2n) is 4.46. The molecule has 0 saturated heterocycles. The lowest BCUT2D eigenvalue weighted by molar-refractivity contribution is 0.0986. The number of carbonyl (C=O) groups excluding carboxylic acids is 1. The number of carbonyl (C=O) groups is 1. The summed E-state index contributed by atoms with van der Waals surface area (Å²) in [6.07, 6.45) is 0. The lowest BCUT2D eigenvalue weighted by Gasteiger charge is -2.18. The molecule has 1 heterocycles. The molecule has 1 amide bonds. The molecule has 0 aromatic heterocycles. The van der Waals surface area contributed by atoms with Gasteiger partial charge in [0.15, 0.2) is 0 Å². The molecule has 1 aliphatic heterocycles. The molecule has 4 nitrogen and oxygen atoms in total. The molecule has 0 aliphatic carbocycles. The van der Waals surface area contributed by atoms with Crippen molar-refractivity contribution in [3.8, 4) is 0 Å². The van der Waals surface area contributed by atoms with E-state index < -0.39 is 0 Å². The Hall–Kier alpha value is -2.33. The fourth-order valence-electron chi connectivity index (χ4n) is 2.29. The minimum Gasteiger partial charge on any atom is -0.326 e. The summed E-state index contributed by atoms with van der Waals surface area (Å²) >= 11 is 0. The third-order valence-corrected chi connectivity index (χ3v) is 3.25. The molecule has 1 aliphatic rings. The van der Waals surface area contributed by atoms with E-state index >= 15 is 0 Å². The maximum atomic E-state index is 11.7. The number of amides is 1. The third-order valence-electron chi connectivity index (χ3n) is 3.25. The van der Waals surface area contributed by atoms with Gasteiger partial charge in [0.05, 0.1) is 0 Å². The predicted molar refractivity (Wildman–Crippen MR) is 71.8 cm³/mol. The second-order valence-corrected chi connectivity index (χ2v) is 4.46. The minimum absolute atomic E-state index is 0.222. The Morgan fingerprint density at radius 1 is 1.11 bits per heavy atom. The van der Waals surface area contributed by atoms with Crippen molar-refractivity contribution in [1.82, 2.24) is 0 Å². The van der Waals surface area contributed by atoms with Crippen LogP contribution in [0, 0.1) is 0 Å². The van der Waals surface area contributed by atoms with Crippen LogP contribution >= 0.6 is 0 Å². The van der Waals surface area contributed by atoms with Gasteiger partial charge < -0.3 is 5.73 Å². The van der Waals surface area contributed by atoms with E-state index in [0.29, 0.717) is 12.1 Å². The Kier molecular flexibility index (Phi) is 2.93. The van der Waals surface area contributed by atoms with Gasteiger partial charge in [0.1, 0.15) is 6.04 Å². The van der Waals surface area contributed by atoms with Crippen LogP contribution in [0.2, 0.25) is 0 Å². The smallest absolute Gasteiger partial charge is 0.295 e. The van der Waals surface area contributed by atoms with E-state index in [1.54, 1.807) is 6.07 Å². The highest BCUT2D eigenvalue weighted by Gasteiger charge is 2.24. The van der Waals surface area contributed by atoms with E-state index in [-0.39, 0.29) is 11.9 Å². The van der Waals surface area contributed by atoms with Crippen LogP contribution in [-0.4, -0.2) is 5.91 Å². The van der Waals surface area contributed by atoms with E-state index in [2.05, 4.69) is 10.2 Å². The summed E-state index contributed by atoms with van der Waals surface area (Å²) in [5.74, 6) is -0.276. The van der Waals surface area contributed by atoms with Crippen molar-refractivity contribution in [2.45, 2.75) is 12.6 Å². The molecular formula is C15H13N3O. The molecule has 0 spiro atoms. The predicted octanol–water partition coefficient (Wildman–Crippen LogP) is 2.84. The average Bonchev–Trinajstić information content (AvgIpc) is 2.48. The number of rotatable bonds is 2. The van der Waals surface area contributed by atoms with E-state index in [0.717, 1.165) is 16.7 Å². The summed E-state index contributed by atoms with van der Waals surface area (Å²) in [6.45, 7) is 0.484. The summed E-state index contributed by atoms with van der Waals surface area (Å²) in [6, 6.07) is 15.1. The van der Waals surface area contributed by atoms with Gasteiger partial charge in [0.25, 0.3) is 5.91 Å². The van der Waals surface area contributed by atoms with Crippen molar-refractivity contribution >= 4 is 5.91 Å². The van der Waals surface area contributed by atoms with Crippen molar-refractivity contribution in [1.29, 1.82) is 0 Å². The van der Waals surface area contributed by atoms with Crippen LogP contribution in [0.4, 0.5) is 0 Å². The number of nitrogens with two attached hydrogens (primary N) is 1. The Morgan fingerprint density at radius 2 is 1.95 bits per heavy atom. The molecule has 0 radical (unpaired) electrons. The normalized spacial score (nSPS) is 17.3. The van der Waals surface area contributed by atoms with E-state index in [9.17, 15) is 4.79 Å². The molecule has 4 heteroatoms. The highest BCUT2D eigenvalue weighted by atomic mass is 16.1. The van der Waals surface area contributed by atoms with Crippen LogP contribution in [0.5, 0.6) is 0 Å². The average molecular weight is 251 g/mol. The van der Waals surface area contributed by atoms with Gasteiger partial charge in [-0.1, -0.05) is 42.5 Å². The van der Waals surface area contributed by atoms with Crippen LogP contribution in [0.15, 0.2) is 58.8 Å². The molecule has 19 heavy (non-hydrogen) atoms. The summed E-state index contributed by atoms with van der Waals surface area (Å²) in [5.41, 5.74) is 9.23. The van der Waals surface area contributed by atoms with Gasteiger partial charge in [-0.3, -0.25) is 4.79 Å². The van der Waals surface area contributed by atoms with Gasteiger partial charge >= 0.3 is 0 Å². The van der Waals surface area contributed by atoms with Crippen molar-refractivity contribution in [3.05, 3.63) is 70.8 Å². The number of hydrogen-bond donors (Lipinski definition) is 1. The number of fused-ring (bicyclic) bond motifs is 1. The molecule has 1 atom stereocenters. The summed E-state index contributed by atoms with van der Waals surface area (Å²) in [4.78, 5) is 11.7. The van der Waals surface area contributed by atoms with Crippen LogP contribution in [-0.2, 0) is 6.54 Å². The third kappa shape index (κ3) is 2.06. The standard InChI is InChI=1S/C15H13N3O/c16-9-10-4-3-5-11(8-10)14-12-6-1-2-7-13(12)15(19)18-17-14/h1-8,14H,9,16H2. The van der Waals surface area contributed by atoms with Crippen LogP contribution < -0.4 is 5.73 Å². The summed E-state index contributed by atoms with van der Waals surface area (Å²) < 4.78 is 0. The van der Waals surface area contributed by atoms with Gasteiger partial charge in [0.2, 0.25) is 0 Å². The zero-order chi connectivity index (χ0) is 13.2. The molecule has 2 aromatic carbocycles. The number of nitrogens with zero attached hydrogens (tertiary/aromatic N) is 2. The summed E-state index contributed by atoms with van der Waals surface area (Å²) in [7, 11) is 0. The van der Waals surface area contributed by atoms with Crippen LogP contribution in [0.1, 0.15) is 33.1 Å². The van der Waals surface area contributed by atoms with Gasteiger partial charge in [0, 0.05) is 12.1 Å². The molecule has 2 aromatic rings. The minimum atomic E-state index is -0.276. The van der Waals surface area contributed by atoms with Gasteiger partial charge in [-0.15, -0.1) is 5.11 Å². The fraction of sp³-hybridized carbons (Fsp3) is 0.133. The lowest BCUT2D eigenvalue weighted by atomic mass is 9.93. The van der Waals surface area contributed by atoms with Crippen molar-refractivity contribution in [3.63, 3.8) is 0 Å². The highest BCUT2D eigenvalue weighted by molar-refractivity contribution is 5.97. The Bertz CT molecular complexity index is 664. The molecule has 2 N–H and O–H groups in total. The zero-order valence-electron chi connectivity index (χ0n) is 10.3. The molecule has 94 valence electrons. The Labute approximate surface area is 111 Å². The van der Waals surface area contributed by atoms with Crippen molar-refractivity contribution < 1.29 is 4.79 Å². The van der Waals surface area contributed by atoms with Crippen LogP contribution in [0.25, 0.3) is 0 Å². The maximum Gasteiger partial charge on any atom is 0.295 e. The molecular weight excluding hydrogens is 238 g/mol. The largest absolute Gasteiger partial charge is 0.326 e. The number of azo groups is 1. The second kappa shape index (κ2) is 4.74. The monoisotopic (exact) mass is 251 g/mol. The first-order valence-corrected chi connectivity index (χ1v) is 6.12. The topological polar surface area (TPSA) is 67.8 Å². The van der Waals surface area contributed by atoms with Gasteiger partial charge in [-0.2, -0.15) is 5.11 Å². The SMILES string of the molecule is NCc1cccc(C2N=NC(=O)c3ccccc32)c1. The number of benzene rings is 2.